The van der Waals surface area contributed by atoms with Crippen LogP contribution in [-0.2, 0) is 0 Å². The van der Waals surface area contributed by atoms with Crippen molar-refractivity contribution < 1.29 is 0 Å². The molecular formula is C14H30N4. The van der Waals surface area contributed by atoms with E-state index in [9.17, 15) is 0 Å². The van der Waals surface area contributed by atoms with E-state index in [0.717, 1.165) is 31.8 Å². The summed E-state index contributed by atoms with van der Waals surface area (Å²) in [5.74, 6) is 0.597. The lowest BCUT2D eigenvalue weighted by Gasteiger charge is -2.23. The van der Waals surface area contributed by atoms with Crippen molar-refractivity contribution in [2.24, 2.45) is 0 Å². The molecule has 4 nitrogen and oxygen atoms in total. The van der Waals surface area contributed by atoms with E-state index in [0.29, 0.717) is 18.3 Å². The van der Waals surface area contributed by atoms with E-state index >= 15 is 0 Å². The lowest BCUT2D eigenvalue weighted by atomic mass is 10.2. The number of nitrogens with one attached hydrogen (secondary N) is 3. The van der Waals surface area contributed by atoms with Crippen LogP contribution in [0.4, 0.5) is 0 Å². The maximum atomic E-state index is 7.99. The van der Waals surface area contributed by atoms with Crippen molar-refractivity contribution in [1.29, 1.82) is 5.41 Å². The quantitative estimate of drug-likeness (QED) is 0.243. The second-order valence-electron chi connectivity index (χ2n) is 4.88. The van der Waals surface area contributed by atoms with Crippen LogP contribution >= 0.6 is 0 Å². The van der Waals surface area contributed by atoms with Crippen LogP contribution < -0.4 is 10.6 Å². The average molecular weight is 254 g/mol. The van der Waals surface area contributed by atoms with E-state index in [1.54, 1.807) is 0 Å². The molecule has 0 saturated heterocycles. The summed E-state index contributed by atoms with van der Waals surface area (Å²) in [5, 5.41) is 14.6. The monoisotopic (exact) mass is 254 g/mol. The van der Waals surface area contributed by atoms with Crippen LogP contribution in [0.3, 0.4) is 0 Å². The number of nitrogens with zero attached hydrogens (tertiary/aromatic N) is 1. The summed E-state index contributed by atoms with van der Waals surface area (Å²) in [4.78, 5) is 1.93. The van der Waals surface area contributed by atoms with E-state index in [-0.39, 0.29) is 0 Å². The van der Waals surface area contributed by atoms with Gasteiger partial charge in [-0.1, -0.05) is 26.8 Å². The Morgan fingerprint density at radius 1 is 1.39 bits per heavy atom. The second kappa shape index (κ2) is 9.95. The van der Waals surface area contributed by atoms with Crippen molar-refractivity contribution in [3.05, 3.63) is 12.3 Å². The Balaban J connectivity index is 3.82. The zero-order valence-corrected chi connectivity index (χ0v) is 12.5. The minimum Gasteiger partial charge on any atom is -0.388 e. The van der Waals surface area contributed by atoms with Gasteiger partial charge in [0.1, 0.15) is 5.84 Å². The van der Waals surface area contributed by atoms with Crippen molar-refractivity contribution >= 4 is 5.84 Å². The van der Waals surface area contributed by atoms with Crippen LogP contribution in [0.5, 0.6) is 0 Å². The summed E-state index contributed by atoms with van der Waals surface area (Å²) in [6.07, 6.45) is 4.03. The maximum Gasteiger partial charge on any atom is 0.102 e. The van der Waals surface area contributed by atoms with Crippen molar-refractivity contribution in [2.45, 2.75) is 52.5 Å². The molecule has 0 amide bonds. The Labute approximate surface area is 112 Å². The van der Waals surface area contributed by atoms with Gasteiger partial charge in [-0.3, -0.25) is 10.7 Å². The van der Waals surface area contributed by atoms with E-state index in [2.05, 4.69) is 38.0 Å². The van der Waals surface area contributed by atoms with E-state index < -0.39 is 0 Å². The summed E-state index contributed by atoms with van der Waals surface area (Å²) in [7, 11) is 1.94. The fourth-order valence-corrected chi connectivity index (χ4v) is 1.37. The van der Waals surface area contributed by atoms with Gasteiger partial charge in [-0.05, 0) is 19.8 Å². The van der Waals surface area contributed by atoms with Crippen molar-refractivity contribution in [2.75, 3.05) is 20.3 Å². The van der Waals surface area contributed by atoms with E-state index in [1.807, 2.05) is 11.9 Å². The molecule has 0 aromatic rings. The molecule has 0 aromatic carbocycles. The van der Waals surface area contributed by atoms with E-state index in [1.165, 1.54) is 6.42 Å². The van der Waals surface area contributed by atoms with E-state index in [4.69, 9.17) is 5.41 Å². The minimum atomic E-state index is 0.492. The van der Waals surface area contributed by atoms with Crippen LogP contribution in [0.1, 0.15) is 46.5 Å². The molecule has 0 fully saturated rings. The molecule has 1 atom stereocenters. The molecule has 106 valence electrons. The highest BCUT2D eigenvalue weighted by molar-refractivity contribution is 5.80. The Morgan fingerprint density at radius 2 is 2.06 bits per heavy atom. The summed E-state index contributed by atoms with van der Waals surface area (Å²) >= 11 is 0. The average Bonchev–Trinajstić information content (AvgIpc) is 2.35. The Morgan fingerprint density at radius 3 is 2.61 bits per heavy atom. The molecule has 0 saturated carbocycles. The molecule has 18 heavy (non-hydrogen) atoms. The first-order valence-corrected chi connectivity index (χ1v) is 6.94. The number of unbranched alkanes of at least 4 members (excludes halogenated alkanes) is 1. The molecule has 0 heterocycles. The fraction of sp³-hybridized carbons (Fsp3) is 0.786. The molecule has 4 heteroatoms. The second-order valence-corrected chi connectivity index (χ2v) is 4.88. The molecule has 0 aromatic heterocycles. The number of hydrogen-bond acceptors (Lipinski definition) is 3. The lowest BCUT2D eigenvalue weighted by Crippen LogP contribution is -2.39. The van der Waals surface area contributed by atoms with Gasteiger partial charge in [-0.25, -0.2) is 0 Å². The van der Waals surface area contributed by atoms with Crippen molar-refractivity contribution in [1.82, 2.24) is 15.5 Å². The molecule has 0 radical (unpaired) electrons. The largest absolute Gasteiger partial charge is 0.388 e. The standard InChI is InChI=1S/C14H30N4/c1-6-8-9-16-13(4)10-14(15)18(5)11-17-12(3)7-2/h12,15-17H,4,6-11H2,1-3,5H3. The third-order valence-corrected chi connectivity index (χ3v) is 3.04. The van der Waals surface area contributed by atoms with Gasteiger partial charge in [0.05, 0.1) is 6.67 Å². The van der Waals surface area contributed by atoms with Crippen LogP contribution in [0.2, 0.25) is 0 Å². The number of amidine groups is 1. The first-order valence-electron chi connectivity index (χ1n) is 6.94. The predicted octanol–water partition coefficient (Wildman–Crippen LogP) is 2.53. The third kappa shape index (κ3) is 8.12. The van der Waals surface area contributed by atoms with Gasteiger partial charge in [-0.15, -0.1) is 0 Å². The lowest BCUT2D eigenvalue weighted by molar-refractivity contribution is 0.395. The molecule has 3 N–H and O–H groups in total. The predicted molar refractivity (Wildman–Crippen MR) is 79.9 cm³/mol. The molecule has 0 aliphatic carbocycles. The molecule has 0 aliphatic heterocycles. The molecule has 0 aliphatic rings. The third-order valence-electron chi connectivity index (χ3n) is 3.04. The highest BCUT2D eigenvalue weighted by Gasteiger charge is 2.07. The smallest absolute Gasteiger partial charge is 0.102 e. The van der Waals surface area contributed by atoms with Crippen molar-refractivity contribution in [3.63, 3.8) is 0 Å². The van der Waals surface area contributed by atoms with Crippen LogP contribution in [0.15, 0.2) is 12.3 Å². The summed E-state index contributed by atoms with van der Waals surface area (Å²) in [5.41, 5.74) is 0.934. The molecule has 1 unspecified atom stereocenters. The van der Waals surface area contributed by atoms with Gasteiger partial charge in [0, 0.05) is 31.8 Å². The van der Waals surface area contributed by atoms with Gasteiger partial charge in [0.15, 0.2) is 0 Å². The van der Waals surface area contributed by atoms with Gasteiger partial charge >= 0.3 is 0 Å². The number of hydrogen-bond donors (Lipinski definition) is 3. The highest BCUT2D eigenvalue weighted by Crippen LogP contribution is 1.99. The summed E-state index contributed by atoms with van der Waals surface area (Å²) in [6, 6.07) is 0.492. The van der Waals surface area contributed by atoms with Gasteiger partial charge < -0.3 is 10.2 Å². The van der Waals surface area contributed by atoms with Gasteiger partial charge in [0.25, 0.3) is 0 Å². The highest BCUT2D eigenvalue weighted by atomic mass is 15.2. The molecule has 0 bridgehead atoms. The molecule has 0 rings (SSSR count). The summed E-state index contributed by atoms with van der Waals surface area (Å²) in [6.45, 7) is 12.1. The minimum absolute atomic E-state index is 0.492. The Bertz CT molecular complexity index is 250. The van der Waals surface area contributed by atoms with Crippen LogP contribution in [-0.4, -0.2) is 37.0 Å². The summed E-state index contributed by atoms with van der Waals surface area (Å²) < 4.78 is 0. The first-order chi connectivity index (χ1) is 8.51. The normalized spacial score (nSPS) is 12.0. The zero-order chi connectivity index (χ0) is 14.0. The SMILES string of the molecule is C=C(CC(=N)N(C)CNC(C)CC)NCCCC. The number of rotatable bonds is 10. The van der Waals surface area contributed by atoms with Gasteiger partial charge in [0.2, 0.25) is 0 Å². The Kier molecular flexibility index (Phi) is 9.38. The van der Waals surface area contributed by atoms with Crippen LogP contribution in [0.25, 0.3) is 0 Å². The Hall–Kier alpha value is -1.03. The van der Waals surface area contributed by atoms with Crippen molar-refractivity contribution in [3.8, 4) is 0 Å². The molecular weight excluding hydrogens is 224 g/mol. The topological polar surface area (TPSA) is 51.2 Å². The molecule has 0 spiro atoms. The maximum absolute atomic E-state index is 7.99. The zero-order valence-electron chi connectivity index (χ0n) is 12.5. The first kappa shape index (κ1) is 17.0. The van der Waals surface area contributed by atoms with Crippen LogP contribution in [0, 0.1) is 5.41 Å². The fourth-order valence-electron chi connectivity index (χ4n) is 1.37. The van der Waals surface area contributed by atoms with Gasteiger partial charge in [-0.2, -0.15) is 0 Å².